The monoisotopic (exact) mass is 881 g/mol. The van der Waals surface area contributed by atoms with Crippen molar-refractivity contribution in [1.29, 1.82) is 0 Å². The van der Waals surface area contributed by atoms with Crippen molar-refractivity contribution in [3.05, 3.63) is 207 Å². The van der Waals surface area contributed by atoms with Crippen molar-refractivity contribution in [2.75, 3.05) is 18.5 Å². The first kappa shape index (κ1) is 43.1. The first-order chi connectivity index (χ1) is 32.0. The number of benzene rings is 6. The summed E-state index contributed by atoms with van der Waals surface area (Å²) >= 11 is 0. The smallest absolute Gasteiger partial charge is 0.421 e. The molecule has 0 saturated carbocycles. The summed E-state index contributed by atoms with van der Waals surface area (Å²) in [6, 6.07) is 41.4. The van der Waals surface area contributed by atoms with E-state index in [9.17, 15) is 29.6 Å². The van der Waals surface area contributed by atoms with Gasteiger partial charge in [-0.15, -0.1) is 0 Å². The fourth-order valence-electron chi connectivity index (χ4n) is 9.80. The molecule has 2 saturated heterocycles. The van der Waals surface area contributed by atoms with E-state index < -0.39 is 64.4 Å². The second kappa shape index (κ2) is 17.8. The van der Waals surface area contributed by atoms with E-state index in [2.05, 4.69) is 11.8 Å². The summed E-state index contributed by atoms with van der Waals surface area (Å²) in [5.74, 6) is 2.05. The van der Waals surface area contributed by atoms with Crippen LogP contribution in [0.3, 0.4) is 0 Å². The molecule has 0 aliphatic carbocycles. The summed E-state index contributed by atoms with van der Waals surface area (Å²) in [5, 5.41) is 21.9. The summed E-state index contributed by atoms with van der Waals surface area (Å²) in [4.78, 5) is 75.4. The van der Waals surface area contributed by atoms with E-state index >= 15 is 4.79 Å². The van der Waals surface area contributed by atoms with Crippen LogP contribution in [-0.4, -0.2) is 63.3 Å². The Kier molecular flexibility index (Phi) is 11.6. The Morgan fingerprint density at radius 3 is 2.09 bits per heavy atom. The van der Waals surface area contributed by atoms with Gasteiger partial charge in [0, 0.05) is 24.2 Å². The van der Waals surface area contributed by atoms with Crippen LogP contribution in [0.1, 0.15) is 57.1 Å². The fourth-order valence-corrected chi connectivity index (χ4v) is 9.80. The Balaban J connectivity index is 1.23. The number of carbonyl (C=O) groups is 4. The topological polar surface area (TPSA) is 186 Å². The number of nitrogens with zero attached hydrogens (tertiary/aromatic N) is 4. The van der Waals surface area contributed by atoms with Crippen molar-refractivity contribution in [3.8, 4) is 17.6 Å². The maximum atomic E-state index is 16.0. The van der Waals surface area contributed by atoms with Crippen molar-refractivity contribution < 1.29 is 38.7 Å². The van der Waals surface area contributed by atoms with Gasteiger partial charge in [-0.1, -0.05) is 115 Å². The molecule has 0 bridgehead atoms. The number of anilines is 1. The van der Waals surface area contributed by atoms with Crippen LogP contribution in [0.15, 0.2) is 158 Å². The van der Waals surface area contributed by atoms with Gasteiger partial charge in [-0.25, -0.2) is 9.69 Å². The number of esters is 1. The quantitative estimate of drug-likeness (QED) is 0.0610. The van der Waals surface area contributed by atoms with Crippen molar-refractivity contribution in [2.24, 2.45) is 11.7 Å². The van der Waals surface area contributed by atoms with E-state index in [1.807, 2.05) is 108 Å². The highest BCUT2D eigenvalue weighted by Gasteiger charge is 2.75. The highest BCUT2D eigenvalue weighted by atomic mass is 16.6. The van der Waals surface area contributed by atoms with Gasteiger partial charge < -0.3 is 20.3 Å². The standard InChI is InChI=1S/C52H43N5O9/c1-54(31-34-12-5-2-6-13-34)29-11-14-33-21-28-42-41(30-33)52(50(61)55(42)51(62)65-32-35-19-24-39(25-20-35)57(63)64)43(48(53)59)45-49(60)66-46(37-17-9-4-10-18-37)44(36-15-7-3-8-16-36)56(45)47(52)38-22-26-40(58)27-23-38/h2-10,12-13,15-28,30,43-47,58H,29,31-32H2,1H3,(H2,53,59). The first-order valence-corrected chi connectivity index (χ1v) is 21.2. The summed E-state index contributed by atoms with van der Waals surface area (Å²) in [5.41, 5.74) is 8.26. The number of cyclic esters (lactones) is 1. The van der Waals surface area contributed by atoms with E-state index in [4.69, 9.17) is 15.2 Å². The Morgan fingerprint density at radius 2 is 1.45 bits per heavy atom. The second-order valence-electron chi connectivity index (χ2n) is 16.6. The first-order valence-electron chi connectivity index (χ1n) is 21.2. The number of nitrogens with two attached hydrogens (primary N) is 1. The molecule has 0 aromatic heterocycles. The number of non-ortho nitro benzene ring substituents is 1. The number of rotatable bonds is 10. The van der Waals surface area contributed by atoms with E-state index in [-0.39, 0.29) is 29.3 Å². The van der Waals surface area contributed by atoms with Gasteiger partial charge in [0.15, 0.2) is 0 Å². The predicted molar refractivity (Wildman–Crippen MR) is 242 cm³/mol. The Morgan fingerprint density at radius 1 is 0.818 bits per heavy atom. The van der Waals surface area contributed by atoms with Gasteiger partial charge in [0.05, 0.1) is 35.2 Å². The third-order valence-electron chi connectivity index (χ3n) is 12.5. The lowest BCUT2D eigenvalue weighted by Crippen LogP contribution is -2.55. The number of morpholine rings is 1. The number of phenolic OH excluding ortho intramolecular Hbond substituents is 1. The number of phenols is 1. The minimum Gasteiger partial charge on any atom is -0.508 e. The summed E-state index contributed by atoms with van der Waals surface area (Å²) < 4.78 is 12.2. The second-order valence-corrected chi connectivity index (χ2v) is 16.6. The summed E-state index contributed by atoms with van der Waals surface area (Å²) in [6.07, 6.45) is -2.04. The highest BCUT2D eigenvalue weighted by Crippen LogP contribution is 2.65. The average Bonchev–Trinajstić information content (AvgIpc) is 3.78. The van der Waals surface area contributed by atoms with Gasteiger partial charge >= 0.3 is 12.1 Å². The molecule has 3 aliphatic rings. The number of carbonyl (C=O) groups excluding carboxylic acids is 4. The SMILES string of the molecule is CN(CC#Cc1ccc2c(c1)C1(C(=O)N2C(=O)OCc2ccc([N+](=O)[O-])cc2)C(C(N)=O)C2C(=O)OC(c3ccccc3)C(c3ccccc3)N2C1c1ccc(O)cc1)Cc1ccccc1. The molecule has 6 aromatic carbocycles. The number of aromatic hydroxyl groups is 1. The number of hydrogen-bond acceptors (Lipinski definition) is 11. The van der Waals surface area contributed by atoms with Crippen molar-refractivity contribution in [3.63, 3.8) is 0 Å². The molecule has 14 nitrogen and oxygen atoms in total. The third kappa shape index (κ3) is 7.70. The molecule has 6 unspecified atom stereocenters. The summed E-state index contributed by atoms with van der Waals surface area (Å²) in [6.45, 7) is 0.654. The molecule has 3 heterocycles. The minimum atomic E-state index is -2.10. The molecular weight excluding hydrogens is 839 g/mol. The molecule has 1 spiro atoms. The van der Waals surface area contributed by atoms with Gasteiger partial charge in [-0.05, 0) is 82.9 Å². The van der Waals surface area contributed by atoms with Crippen LogP contribution in [0.25, 0.3) is 0 Å². The van der Waals surface area contributed by atoms with Gasteiger partial charge in [-0.2, -0.15) is 0 Å². The molecule has 3 aliphatic heterocycles. The molecule has 3 N–H and O–H groups in total. The molecule has 330 valence electrons. The molecule has 6 atom stereocenters. The Hall–Kier alpha value is -8.12. The number of ether oxygens (including phenoxy) is 2. The van der Waals surface area contributed by atoms with Crippen LogP contribution in [0, 0.1) is 27.9 Å². The van der Waals surface area contributed by atoms with Crippen LogP contribution < -0.4 is 10.6 Å². The molecular formula is C52H43N5O9. The molecule has 2 fully saturated rings. The highest BCUT2D eigenvalue weighted by molar-refractivity contribution is 6.23. The molecule has 3 amide bonds. The molecule has 14 heteroatoms. The van der Waals surface area contributed by atoms with Crippen molar-refractivity contribution in [1.82, 2.24) is 9.80 Å². The van der Waals surface area contributed by atoms with Gasteiger partial charge in [0.2, 0.25) is 11.8 Å². The van der Waals surface area contributed by atoms with E-state index in [0.29, 0.717) is 40.9 Å². The third-order valence-corrected chi connectivity index (χ3v) is 12.5. The number of nitro benzene ring substituents is 1. The summed E-state index contributed by atoms with van der Waals surface area (Å²) in [7, 11) is 1.94. The normalized spacial score (nSPS) is 22.0. The van der Waals surface area contributed by atoms with Crippen LogP contribution in [0.5, 0.6) is 5.75 Å². The predicted octanol–water partition coefficient (Wildman–Crippen LogP) is 7.27. The van der Waals surface area contributed by atoms with Crippen LogP contribution in [0.4, 0.5) is 16.2 Å². The minimum absolute atomic E-state index is 0.0713. The number of fused-ring (bicyclic) bond motifs is 3. The molecule has 6 aromatic rings. The number of nitro groups is 1. The van der Waals surface area contributed by atoms with Crippen LogP contribution >= 0.6 is 0 Å². The van der Waals surface area contributed by atoms with Gasteiger partial charge in [-0.3, -0.25) is 34.3 Å². The molecule has 9 rings (SSSR count). The van der Waals surface area contributed by atoms with Crippen molar-refractivity contribution in [2.45, 2.75) is 42.8 Å². The van der Waals surface area contributed by atoms with E-state index in [1.54, 1.807) is 30.3 Å². The maximum absolute atomic E-state index is 16.0. The zero-order chi connectivity index (χ0) is 46.1. The largest absolute Gasteiger partial charge is 0.508 e. The Labute approximate surface area is 379 Å². The van der Waals surface area contributed by atoms with Gasteiger partial charge in [0.1, 0.15) is 29.9 Å². The number of hydrogen-bond donors (Lipinski definition) is 2. The van der Waals surface area contributed by atoms with E-state index in [1.165, 1.54) is 36.4 Å². The Bertz CT molecular complexity index is 2890. The lowest BCUT2D eigenvalue weighted by atomic mass is 9.65. The zero-order valence-corrected chi connectivity index (χ0v) is 35.6. The molecule has 66 heavy (non-hydrogen) atoms. The van der Waals surface area contributed by atoms with Crippen LogP contribution in [0.2, 0.25) is 0 Å². The van der Waals surface area contributed by atoms with Gasteiger partial charge in [0.25, 0.3) is 5.69 Å². The van der Waals surface area contributed by atoms with E-state index in [0.717, 1.165) is 10.5 Å². The average molecular weight is 882 g/mol. The number of imide groups is 1. The number of amides is 3. The lowest BCUT2D eigenvalue weighted by Gasteiger charge is -2.46. The maximum Gasteiger partial charge on any atom is 0.421 e. The number of primary amides is 1. The van der Waals surface area contributed by atoms with Crippen LogP contribution in [-0.2, 0) is 42.4 Å². The lowest BCUT2D eigenvalue weighted by molar-refractivity contribution is -0.384. The molecule has 0 radical (unpaired) electrons. The zero-order valence-electron chi connectivity index (χ0n) is 35.6. The fraction of sp³-hybridized carbons (Fsp3) is 0.192. The van der Waals surface area contributed by atoms with Crippen molar-refractivity contribution >= 4 is 35.3 Å².